The van der Waals surface area contributed by atoms with Crippen LogP contribution in [0.25, 0.3) is 22.4 Å². The highest BCUT2D eigenvalue weighted by Crippen LogP contribution is 2.43. The third kappa shape index (κ3) is 3.53. The Morgan fingerprint density at radius 1 is 1.03 bits per heavy atom. The van der Waals surface area contributed by atoms with Crippen molar-refractivity contribution >= 4 is 0 Å². The van der Waals surface area contributed by atoms with E-state index in [4.69, 9.17) is 15.5 Å². The Hall–Kier alpha value is -2.97. The fourth-order valence-electron chi connectivity index (χ4n) is 4.99. The van der Waals surface area contributed by atoms with E-state index >= 15 is 0 Å². The number of ether oxygens (including phenoxy) is 1. The van der Waals surface area contributed by atoms with Gasteiger partial charge in [0.15, 0.2) is 5.75 Å². The van der Waals surface area contributed by atoms with Crippen molar-refractivity contribution < 1.29 is 9.57 Å². The van der Waals surface area contributed by atoms with Gasteiger partial charge >= 0.3 is 0 Å². The van der Waals surface area contributed by atoms with E-state index in [0.29, 0.717) is 17.3 Å². The van der Waals surface area contributed by atoms with Crippen molar-refractivity contribution in [3.05, 3.63) is 42.7 Å². The molecule has 30 heavy (non-hydrogen) atoms. The summed E-state index contributed by atoms with van der Waals surface area (Å²) in [6, 6.07) is 9.50. The Morgan fingerprint density at radius 3 is 2.47 bits per heavy atom. The molecule has 3 aromatic rings. The van der Waals surface area contributed by atoms with Crippen LogP contribution in [-0.2, 0) is 0 Å². The first-order chi connectivity index (χ1) is 14.5. The van der Waals surface area contributed by atoms with Crippen LogP contribution in [0, 0.1) is 0 Å². The molecular weight excluding hydrogens is 380 g/mol. The van der Waals surface area contributed by atoms with Crippen LogP contribution >= 0.6 is 0 Å². The highest BCUT2D eigenvalue weighted by Gasteiger charge is 2.49. The number of hydrogen-bond donors (Lipinski definition) is 3. The van der Waals surface area contributed by atoms with E-state index in [1.165, 1.54) is 12.8 Å². The van der Waals surface area contributed by atoms with Gasteiger partial charge in [-0.15, -0.1) is 10.2 Å². The molecule has 4 N–H and O–H groups in total. The lowest BCUT2D eigenvalue weighted by atomic mass is 9.86. The molecule has 1 unspecified atom stereocenters. The molecule has 0 radical (unpaired) electrons. The lowest BCUT2D eigenvalue weighted by Crippen LogP contribution is -2.56. The monoisotopic (exact) mass is 406 g/mol. The van der Waals surface area contributed by atoms with Crippen LogP contribution in [0.3, 0.4) is 0 Å². The maximum atomic E-state index is 6.20. The van der Waals surface area contributed by atoms with E-state index in [2.05, 4.69) is 39.6 Å². The van der Waals surface area contributed by atoms with Crippen molar-refractivity contribution in [3.8, 4) is 34.0 Å². The molecule has 0 spiro atoms. The minimum atomic E-state index is 0.140. The van der Waals surface area contributed by atoms with E-state index in [1.807, 2.05) is 36.5 Å². The van der Waals surface area contributed by atoms with Crippen molar-refractivity contribution in [2.24, 2.45) is 5.90 Å². The SMILES string of the molecule is C[C@]12CC[C@](C)(CC(Oc3ccc(-c4ccc(-c5cn[nH]c5)cc4ON)nn3)C1)N2. The van der Waals surface area contributed by atoms with Crippen LogP contribution in [0.2, 0.25) is 0 Å². The van der Waals surface area contributed by atoms with Crippen molar-refractivity contribution in [3.63, 3.8) is 0 Å². The first kappa shape index (κ1) is 19.0. The van der Waals surface area contributed by atoms with Gasteiger partial charge in [0, 0.05) is 47.3 Å². The summed E-state index contributed by atoms with van der Waals surface area (Å²) in [4.78, 5) is 5.11. The number of fused-ring (bicyclic) bond motifs is 2. The first-order valence-corrected chi connectivity index (χ1v) is 10.3. The summed E-state index contributed by atoms with van der Waals surface area (Å²) in [7, 11) is 0. The van der Waals surface area contributed by atoms with Crippen LogP contribution in [0.4, 0.5) is 0 Å². The summed E-state index contributed by atoms with van der Waals surface area (Å²) < 4.78 is 6.20. The summed E-state index contributed by atoms with van der Waals surface area (Å²) in [5.41, 5.74) is 3.63. The average molecular weight is 406 g/mol. The maximum Gasteiger partial charge on any atom is 0.233 e. The number of rotatable bonds is 5. The van der Waals surface area contributed by atoms with Crippen molar-refractivity contribution in [1.82, 2.24) is 25.7 Å². The number of hydrogen-bond acceptors (Lipinski definition) is 7. The molecule has 0 saturated carbocycles. The Bertz CT molecular complexity index is 1020. The van der Waals surface area contributed by atoms with Crippen LogP contribution in [-0.4, -0.2) is 37.6 Å². The summed E-state index contributed by atoms with van der Waals surface area (Å²) in [5, 5.41) is 19.2. The Balaban J connectivity index is 1.34. The molecule has 3 atom stereocenters. The highest BCUT2D eigenvalue weighted by molar-refractivity contribution is 5.74. The molecule has 2 aliphatic heterocycles. The predicted octanol–water partition coefficient (Wildman–Crippen LogP) is 3.23. The number of benzene rings is 1. The molecule has 5 rings (SSSR count). The van der Waals surface area contributed by atoms with Crippen LogP contribution < -0.4 is 20.8 Å². The van der Waals surface area contributed by atoms with E-state index in [1.54, 1.807) is 6.20 Å². The molecule has 0 amide bonds. The molecule has 0 aliphatic carbocycles. The molecule has 8 heteroatoms. The Morgan fingerprint density at radius 2 is 1.83 bits per heavy atom. The first-order valence-electron chi connectivity index (χ1n) is 10.3. The molecule has 2 aliphatic rings. The molecule has 2 bridgehead atoms. The summed E-state index contributed by atoms with van der Waals surface area (Å²) in [6.45, 7) is 4.56. The number of H-pyrrole nitrogens is 1. The number of nitrogens with one attached hydrogen (secondary N) is 2. The Labute approximate surface area is 175 Å². The van der Waals surface area contributed by atoms with Crippen molar-refractivity contribution in [2.75, 3.05) is 0 Å². The van der Waals surface area contributed by atoms with E-state index in [9.17, 15) is 0 Å². The predicted molar refractivity (Wildman–Crippen MR) is 113 cm³/mol. The van der Waals surface area contributed by atoms with Crippen molar-refractivity contribution in [2.45, 2.75) is 56.7 Å². The number of aromatic nitrogens is 4. The normalized spacial score (nSPS) is 27.8. The molecule has 2 aromatic heterocycles. The van der Waals surface area contributed by atoms with Gasteiger partial charge in [-0.05, 0) is 50.5 Å². The molecule has 2 saturated heterocycles. The van der Waals surface area contributed by atoms with Gasteiger partial charge in [-0.1, -0.05) is 6.07 Å². The standard InChI is InChI=1S/C22H26N6O2/c1-21-7-8-22(2,28-21)11-16(10-21)29-20-6-5-18(26-27-20)17-4-3-14(9-19(17)30-23)15-12-24-25-13-15/h3-6,9,12-13,16,28H,7-8,10-11,23H2,1-2H3,(H,24,25)/t16?,21-,22+. The van der Waals surface area contributed by atoms with Gasteiger partial charge in [-0.25, -0.2) is 0 Å². The molecule has 2 fully saturated rings. The van der Waals surface area contributed by atoms with Gasteiger partial charge < -0.3 is 14.9 Å². The number of nitrogens with two attached hydrogens (primary N) is 1. The van der Waals surface area contributed by atoms with Crippen molar-refractivity contribution in [1.29, 1.82) is 0 Å². The summed E-state index contributed by atoms with van der Waals surface area (Å²) >= 11 is 0. The highest BCUT2D eigenvalue weighted by atomic mass is 16.6. The second-order valence-electron chi connectivity index (χ2n) is 8.97. The van der Waals surface area contributed by atoms with Gasteiger partial charge in [-0.2, -0.15) is 11.0 Å². The van der Waals surface area contributed by atoms with E-state index in [-0.39, 0.29) is 17.2 Å². The molecule has 1 aromatic carbocycles. The summed E-state index contributed by atoms with van der Waals surface area (Å²) in [6.07, 6.45) is 8.03. The van der Waals surface area contributed by atoms with E-state index in [0.717, 1.165) is 29.5 Å². The van der Waals surface area contributed by atoms with Crippen LogP contribution in [0.15, 0.2) is 42.7 Å². The third-order valence-electron chi connectivity index (χ3n) is 6.33. The van der Waals surface area contributed by atoms with E-state index < -0.39 is 0 Å². The molecule has 4 heterocycles. The smallest absolute Gasteiger partial charge is 0.233 e. The number of nitrogens with zero attached hydrogens (tertiary/aromatic N) is 3. The zero-order valence-electron chi connectivity index (χ0n) is 17.2. The zero-order chi connectivity index (χ0) is 20.8. The second kappa shape index (κ2) is 7.07. The van der Waals surface area contributed by atoms with Gasteiger partial charge in [-0.3, -0.25) is 5.10 Å². The third-order valence-corrected chi connectivity index (χ3v) is 6.33. The maximum absolute atomic E-state index is 6.20. The largest absolute Gasteiger partial charge is 0.473 e. The minimum Gasteiger partial charge on any atom is -0.473 e. The van der Waals surface area contributed by atoms with Crippen LogP contribution in [0.5, 0.6) is 11.6 Å². The fraction of sp³-hybridized carbons (Fsp3) is 0.409. The minimum absolute atomic E-state index is 0.140. The zero-order valence-corrected chi connectivity index (χ0v) is 17.2. The quantitative estimate of drug-likeness (QED) is 0.558. The van der Waals surface area contributed by atoms with Gasteiger partial charge in [0.25, 0.3) is 0 Å². The van der Waals surface area contributed by atoms with Crippen LogP contribution in [0.1, 0.15) is 39.5 Å². The van der Waals surface area contributed by atoms with Gasteiger partial charge in [0.05, 0.1) is 11.9 Å². The van der Waals surface area contributed by atoms with Gasteiger partial charge in [0.1, 0.15) is 6.10 Å². The number of aromatic amines is 1. The lowest BCUT2D eigenvalue weighted by Gasteiger charge is -2.41. The molecule has 156 valence electrons. The molecule has 8 nitrogen and oxygen atoms in total. The summed E-state index contributed by atoms with van der Waals surface area (Å²) in [5.74, 6) is 6.58. The Kier molecular flexibility index (Phi) is 4.48. The average Bonchev–Trinajstić information content (AvgIpc) is 3.34. The lowest BCUT2D eigenvalue weighted by molar-refractivity contribution is 0.0754. The second-order valence-corrected chi connectivity index (χ2v) is 8.97. The fourth-order valence-corrected chi connectivity index (χ4v) is 4.99. The van der Waals surface area contributed by atoms with Gasteiger partial charge in [0.2, 0.25) is 5.88 Å². The number of piperidine rings is 1. The topological polar surface area (TPSA) is 111 Å². The molecular formula is C22H26N6O2.